The fourth-order valence-corrected chi connectivity index (χ4v) is 2.81. The molecule has 0 unspecified atom stereocenters. The highest BCUT2D eigenvalue weighted by Gasteiger charge is 2.28. The number of aliphatic hydroxyl groups is 1. The van der Waals surface area contributed by atoms with Gasteiger partial charge in [0.25, 0.3) is 5.91 Å². The fourth-order valence-electron chi connectivity index (χ4n) is 2.81. The summed E-state index contributed by atoms with van der Waals surface area (Å²) in [6.07, 6.45) is -2.39. The van der Waals surface area contributed by atoms with Crippen molar-refractivity contribution in [3.8, 4) is 0 Å². The third-order valence-electron chi connectivity index (χ3n) is 4.12. The van der Waals surface area contributed by atoms with E-state index in [1.807, 2.05) is 0 Å². The van der Waals surface area contributed by atoms with Crippen LogP contribution < -0.4 is 5.32 Å². The number of carbonyl (C=O) groups is 1. The van der Waals surface area contributed by atoms with Crippen LogP contribution in [0.4, 0.5) is 13.2 Å². The van der Waals surface area contributed by atoms with E-state index in [4.69, 9.17) is 0 Å². The number of rotatable bonds is 5. The highest BCUT2D eigenvalue weighted by Crippen LogP contribution is 2.25. The lowest BCUT2D eigenvalue weighted by Crippen LogP contribution is -2.38. The smallest absolute Gasteiger partial charge is 0.389 e. The highest BCUT2D eigenvalue weighted by atomic mass is 19.4. The Morgan fingerprint density at radius 2 is 1.91 bits per heavy atom. The molecule has 0 aliphatic heterocycles. The van der Waals surface area contributed by atoms with Crippen LogP contribution in [0.1, 0.15) is 41.6 Å². The van der Waals surface area contributed by atoms with Crippen molar-refractivity contribution in [1.29, 1.82) is 0 Å². The number of nitrogens with one attached hydrogen (secondary N) is 1. The summed E-state index contributed by atoms with van der Waals surface area (Å²) in [7, 11) is 0. The summed E-state index contributed by atoms with van der Waals surface area (Å²) in [6.45, 7) is 0.0569. The van der Waals surface area contributed by atoms with Gasteiger partial charge in [-0.15, -0.1) is 0 Å². The number of hydrogen-bond donors (Lipinski definition) is 2. The summed E-state index contributed by atoms with van der Waals surface area (Å²) in [5, 5.41) is 12.1. The molecule has 0 aromatic heterocycles. The molecular formula is C16H20F3NO2. The van der Waals surface area contributed by atoms with E-state index in [0.717, 1.165) is 19.3 Å². The van der Waals surface area contributed by atoms with Gasteiger partial charge in [-0.25, -0.2) is 0 Å². The van der Waals surface area contributed by atoms with Gasteiger partial charge in [-0.2, -0.15) is 13.2 Å². The third-order valence-corrected chi connectivity index (χ3v) is 4.12. The molecule has 1 aliphatic rings. The molecule has 2 rings (SSSR count). The maximum atomic E-state index is 12.2. The van der Waals surface area contributed by atoms with Crippen molar-refractivity contribution in [3.63, 3.8) is 0 Å². The van der Waals surface area contributed by atoms with Crippen LogP contribution >= 0.6 is 0 Å². The fraction of sp³-hybridized carbons (Fsp3) is 0.562. The van der Waals surface area contributed by atoms with Gasteiger partial charge in [-0.3, -0.25) is 4.79 Å². The number of carbonyl (C=O) groups excluding carboxylic acids is 1. The summed E-state index contributed by atoms with van der Waals surface area (Å²) in [6, 6.07) is 6.17. The SMILES string of the molecule is O=C(N[C@H]1CCC[C@@H]1CO)c1ccc(CCC(F)(F)F)cc1. The molecule has 3 nitrogen and oxygen atoms in total. The van der Waals surface area contributed by atoms with Gasteiger partial charge in [-0.1, -0.05) is 18.6 Å². The van der Waals surface area contributed by atoms with Crippen LogP contribution in [-0.4, -0.2) is 29.8 Å². The molecule has 1 saturated carbocycles. The number of aryl methyl sites for hydroxylation is 1. The van der Waals surface area contributed by atoms with E-state index in [1.165, 1.54) is 0 Å². The molecule has 22 heavy (non-hydrogen) atoms. The molecule has 0 spiro atoms. The Kier molecular flexibility index (Phi) is 5.45. The molecule has 1 fully saturated rings. The van der Waals surface area contributed by atoms with Crippen LogP contribution in [0.2, 0.25) is 0 Å². The molecule has 1 aromatic rings. The van der Waals surface area contributed by atoms with Crippen molar-refractivity contribution < 1.29 is 23.1 Å². The molecule has 1 amide bonds. The standard InChI is InChI=1S/C16H20F3NO2/c17-16(18,19)9-8-11-4-6-12(7-5-11)15(22)20-14-3-1-2-13(14)10-21/h4-7,13-14,21H,1-3,8-10H2,(H,20,22)/t13-,14+/m1/s1. The second-order valence-corrected chi connectivity index (χ2v) is 5.77. The Balaban J connectivity index is 1.91. The van der Waals surface area contributed by atoms with Gasteiger partial charge in [0.2, 0.25) is 0 Å². The quantitative estimate of drug-likeness (QED) is 0.877. The van der Waals surface area contributed by atoms with Gasteiger partial charge in [0.05, 0.1) is 0 Å². The van der Waals surface area contributed by atoms with Gasteiger partial charge in [0.1, 0.15) is 0 Å². The van der Waals surface area contributed by atoms with Crippen LogP contribution in [0.5, 0.6) is 0 Å². The molecule has 2 atom stereocenters. The summed E-state index contributed by atoms with van der Waals surface area (Å²) >= 11 is 0. The molecular weight excluding hydrogens is 295 g/mol. The predicted molar refractivity (Wildman–Crippen MR) is 76.5 cm³/mol. The second kappa shape index (κ2) is 7.13. The number of hydrogen-bond acceptors (Lipinski definition) is 2. The Morgan fingerprint density at radius 1 is 1.23 bits per heavy atom. The summed E-state index contributed by atoms with van der Waals surface area (Å²) < 4.78 is 36.5. The van der Waals surface area contributed by atoms with Gasteiger partial charge >= 0.3 is 6.18 Å². The molecule has 6 heteroatoms. The average Bonchev–Trinajstić information content (AvgIpc) is 2.92. The summed E-state index contributed by atoms with van der Waals surface area (Å²) in [5.41, 5.74) is 0.988. The average molecular weight is 315 g/mol. The van der Waals surface area contributed by atoms with Crippen LogP contribution in [-0.2, 0) is 6.42 Å². The molecule has 2 N–H and O–H groups in total. The second-order valence-electron chi connectivity index (χ2n) is 5.77. The summed E-state index contributed by atoms with van der Waals surface area (Å²) in [4.78, 5) is 12.1. The molecule has 1 aliphatic carbocycles. The molecule has 0 heterocycles. The lowest BCUT2D eigenvalue weighted by atomic mass is 10.0. The third kappa shape index (κ3) is 4.73. The first-order chi connectivity index (χ1) is 10.4. The van der Waals surface area contributed by atoms with Gasteiger partial charge in [0, 0.05) is 30.6 Å². The van der Waals surface area contributed by atoms with E-state index in [1.54, 1.807) is 24.3 Å². The topological polar surface area (TPSA) is 49.3 Å². The van der Waals surface area contributed by atoms with Gasteiger partial charge in [0.15, 0.2) is 0 Å². The van der Waals surface area contributed by atoms with Crippen molar-refractivity contribution in [2.75, 3.05) is 6.61 Å². The van der Waals surface area contributed by atoms with Crippen molar-refractivity contribution in [1.82, 2.24) is 5.32 Å². The van der Waals surface area contributed by atoms with E-state index in [9.17, 15) is 23.1 Å². The highest BCUT2D eigenvalue weighted by molar-refractivity contribution is 5.94. The number of halogens is 3. The van der Waals surface area contributed by atoms with E-state index < -0.39 is 12.6 Å². The Bertz CT molecular complexity index is 499. The Morgan fingerprint density at radius 3 is 2.50 bits per heavy atom. The summed E-state index contributed by atoms with van der Waals surface area (Å²) in [5.74, 6) is -0.150. The lowest BCUT2D eigenvalue weighted by Gasteiger charge is -2.19. The van der Waals surface area contributed by atoms with Crippen LogP contribution in [0.15, 0.2) is 24.3 Å². The monoisotopic (exact) mass is 315 g/mol. The van der Waals surface area contributed by atoms with Gasteiger partial charge in [-0.05, 0) is 37.0 Å². The van der Waals surface area contributed by atoms with Crippen LogP contribution in [0.25, 0.3) is 0 Å². The molecule has 0 bridgehead atoms. The minimum absolute atomic E-state index is 0.0256. The minimum atomic E-state index is -4.17. The predicted octanol–water partition coefficient (Wildman–Crippen LogP) is 3.07. The maximum absolute atomic E-state index is 12.2. The van der Waals surface area contributed by atoms with Crippen molar-refractivity contribution in [2.24, 2.45) is 5.92 Å². The molecule has 0 saturated heterocycles. The van der Waals surface area contributed by atoms with E-state index in [2.05, 4.69) is 5.32 Å². The normalized spacial score (nSPS) is 21.8. The minimum Gasteiger partial charge on any atom is -0.396 e. The zero-order chi connectivity index (χ0) is 16.2. The van der Waals surface area contributed by atoms with E-state index >= 15 is 0 Å². The molecule has 0 radical (unpaired) electrons. The number of aliphatic hydroxyl groups excluding tert-OH is 1. The van der Waals surface area contributed by atoms with E-state index in [-0.39, 0.29) is 30.9 Å². The maximum Gasteiger partial charge on any atom is 0.389 e. The van der Waals surface area contributed by atoms with E-state index in [0.29, 0.717) is 11.1 Å². The van der Waals surface area contributed by atoms with Crippen LogP contribution in [0, 0.1) is 5.92 Å². The van der Waals surface area contributed by atoms with Crippen LogP contribution in [0.3, 0.4) is 0 Å². The first-order valence-electron chi connectivity index (χ1n) is 7.46. The Hall–Kier alpha value is -1.56. The number of amides is 1. The zero-order valence-corrected chi connectivity index (χ0v) is 12.2. The number of alkyl halides is 3. The first-order valence-corrected chi connectivity index (χ1v) is 7.46. The Labute approximate surface area is 127 Å². The van der Waals surface area contributed by atoms with Crippen molar-refractivity contribution in [3.05, 3.63) is 35.4 Å². The van der Waals surface area contributed by atoms with Gasteiger partial charge < -0.3 is 10.4 Å². The molecule has 122 valence electrons. The largest absolute Gasteiger partial charge is 0.396 e. The van der Waals surface area contributed by atoms with Crippen molar-refractivity contribution >= 4 is 5.91 Å². The lowest BCUT2D eigenvalue weighted by molar-refractivity contribution is -0.134. The molecule has 1 aromatic carbocycles. The number of benzene rings is 1. The van der Waals surface area contributed by atoms with Crippen molar-refractivity contribution in [2.45, 2.75) is 44.3 Å². The zero-order valence-electron chi connectivity index (χ0n) is 12.2. The first kappa shape index (κ1) is 16.8.